The van der Waals surface area contributed by atoms with Crippen LogP contribution in [0, 0.1) is 23.4 Å². The van der Waals surface area contributed by atoms with Crippen LogP contribution in [0.1, 0.15) is 51.4 Å². The summed E-state index contributed by atoms with van der Waals surface area (Å²) < 4.78 is 39.4. The number of benzene rings is 2. The molecule has 176 valence electrons. The molecule has 0 unspecified atom stereocenters. The molecular formula is C26H29F3N2O2. The first-order valence-electron chi connectivity index (χ1n) is 11.6. The Hall–Kier alpha value is -2.80. The molecule has 5 rings (SSSR count). The van der Waals surface area contributed by atoms with E-state index in [4.69, 9.17) is 0 Å². The van der Waals surface area contributed by atoms with Gasteiger partial charge in [-0.05, 0) is 67.6 Å². The molecule has 2 aliphatic carbocycles. The molecule has 33 heavy (non-hydrogen) atoms. The highest BCUT2D eigenvalue weighted by molar-refractivity contribution is 5.86. The molecule has 0 spiro atoms. The Morgan fingerprint density at radius 1 is 0.970 bits per heavy atom. The normalized spacial score (nSPS) is 17.7. The highest BCUT2D eigenvalue weighted by Gasteiger charge is 2.31. The summed E-state index contributed by atoms with van der Waals surface area (Å²) in [4.78, 5) is 14.5. The fourth-order valence-electron chi connectivity index (χ4n) is 4.40. The van der Waals surface area contributed by atoms with Crippen molar-refractivity contribution in [3.05, 3.63) is 59.9 Å². The topological polar surface area (TPSA) is 65.1 Å². The second kappa shape index (κ2) is 10.00. The first-order chi connectivity index (χ1) is 15.8. The number of fused-ring (bicyclic) bond motifs is 1. The maximum Gasteiger partial charge on any atom is 0.223 e. The van der Waals surface area contributed by atoms with Crippen LogP contribution in [0.3, 0.4) is 0 Å². The molecule has 2 fully saturated rings. The fraction of sp³-hybridized carbons (Fsp3) is 0.423. The third-order valence-corrected chi connectivity index (χ3v) is 6.65. The third-order valence-electron chi connectivity index (χ3n) is 6.65. The lowest BCUT2D eigenvalue weighted by atomic mass is 9.83. The number of aliphatic hydroxyl groups is 1. The van der Waals surface area contributed by atoms with Gasteiger partial charge in [-0.3, -0.25) is 4.79 Å². The smallest absolute Gasteiger partial charge is 0.223 e. The average molecular weight is 459 g/mol. The van der Waals surface area contributed by atoms with E-state index in [1.54, 1.807) is 18.2 Å². The Kier molecular flexibility index (Phi) is 7.08. The Morgan fingerprint density at radius 3 is 2.30 bits per heavy atom. The van der Waals surface area contributed by atoms with Crippen LogP contribution in [0.5, 0.6) is 0 Å². The van der Waals surface area contributed by atoms with Crippen LogP contribution in [0.4, 0.5) is 13.2 Å². The van der Waals surface area contributed by atoms with Gasteiger partial charge in [-0.25, -0.2) is 13.2 Å². The van der Waals surface area contributed by atoms with Gasteiger partial charge in [0.05, 0.1) is 11.1 Å². The summed E-state index contributed by atoms with van der Waals surface area (Å²) >= 11 is 0. The van der Waals surface area contributed by atoms with E-state index >= 15 is 0 Å². The van der Waals surface area contributed by atoms with Crippen molar-refractivity contribution >= 4 is 16.8 Å². The van der Waals surface area contributed by atoms with Gasteiger partial charge in [-0.15, -0.1) is 0 Å². The number of nitrogens with one attached hydrogen (secondary N) is 2. The lowest BCUT2D eigenvalue weighted by Gasteiger charge is -2.33. The predicted molar refractivity (Wildman–Crippen MR) is 122 cm³/mol. The Labute approximate surface area is 191 Å². The van der Waals surface area contributed by atoms with Crippen molar-refractivity contribution < 1.29 is 23.1 Å². The summed E-state index contributed by atoms with van der Waals surface area (Å²) in [5.41, 5.74) is 0.968. The first-order valence-corrected chi connectivity index (χ1v) is 11.6. The van der Waals surface area contributed by atoms with Gasteiger partial charge in [0.15, 0.2) is 0 Å². The van der Waals surface area contributed by atoms with Gasteiger partial charge in [0.2, 0.25) is 5.91 Å². The second-order valence-corrected chi connectivity index (χ2v) is 9.17. The fourth-order valence-corrected chi connectivity index (χ4v) is 4.40. The number of hydrogen-bond acceptors (Lipinski definition) is 2. The van der Waals surface area contributed by atoms with Crippen LogP contribution < -0.4 is 5.32 Å². The molecule has 2 aromatic carbocycles. The first kappa shape index (κ1) is 23.4. The van der Waals surface area contributed by atoms with Crippen molar-refractivity contribution in [3.63, 3.8) is 0 Å². The molecular weight excluding hydrogens is 429 g/mol. The number of hydrogen-bond donors (Lipinski definition) is 3. The summed E-state index contributed by atoms with van der Waals surface area (Å²) in [6, 6.07) is 9.50. The number of carbonyl (C=O) groups is 1. The van der Waals surface area contributed by atoms with E-state index in [2.05, 4.69) is 10.3 Å². The van der Waals surface area contributed by atoms with Crippen LogP contribution in [0.15, 0.2) is 42.5 Å². The van der Waals surface area contributed by atoms with Crippen LogP contribution >= 0.6 is 0 Å². The molecule has 0 atom stereocenters. The molecule has 2 aliphatic rings. The number of aromatic amines is 1. The van der Waals surface area contributed by atoms with Gasteiger partial charge in [0, 0.05) is 29.6 Å². The van der Waals surface area contributed by atoms with E-state index in [1.807, 2.05) is 0 Å². The summed E-state index contributed by atoms with van der Waals surface area (Å²) in [7, 11) is 0. The molecule has 1 heterocycles. The van der Waals surface area contributed by atoms with Gasteiger partial charge in [0.25, 0.3) is 0 Å². The zero-order valence-corrected chi connectivity index (χ0v) is 18.5. The van der Waals surface area contributed by atoms with E-state index in [1.165, 1.54) is 31.0 Å². The number of amides is 1. The minimum atomic E-state index is -0.640. The zero-order chi connectivity index (χ0) is 23.4. The van der Waals surface area contributed by atoms with Crippen molar-refractivity contribution in [1.82, 2.24) is 10.3 Å². The Morgan fingerprint density at radius 2 is 1.67 bits per heavy atom. The number of rotatable bonds is 4. The zero-order valence-electron chi connectivity index (χ0n) is 18.5. The van der Waals surface area contributed by atoms with Crippen LogP contribution in [-0.2, 0) is 4.79 Å². The summed E-state index contributed by atoms with van der Waals surface area (Å²) in [5, 5.41) is 13.5. The number of carbonyl (C=O) groups excluding carboxylic acids is 1. The maximum atomic E-state index is 13.5. The van der Waals surface area contributed by atoms with Crippen molar-refractivity contribution in [2.24, 2.45) is 5.92 Å². The molecule has 3 N–H and O–H groups in total. The van der Waals surface area contributed by atoms with Gasteiger partial charge < -0.3 is 15.4 Å². The number of H-pyrrole nitrogens is 1. The van der Waals surface area contributed by atoms with Crippen LogP contribution in [0.25, 0.3) is 22.2 Å². The summed E-state index contributed by atoms with van der Waals surface area (Å²) in [6.45, 7) is 0.461. The largest absolute Gasteiger partial charge is 0.388 e. The van der Waals surface area contributed by atoms with E-state index < -0.39 is 17.2 Å². The standard InChI is InChI=1S/C14H8F3N.C12H21NO2/c15-10-3-1-8(2-4-10)13-6-9-5-11(16)7-12(17)14(9)18-13;14-11(10-5-4-6-10)13-9-12(15)7-2-1-3-8-12/h1-7,18H;10,15H,1-9H2,(H,13,14). The SMILES string of the molecule is Fc1ccc(-c2cc3cc(F)cc(F)c3[nH]2)cc1.O=C(NCC1(O)CCCCC1)C1CCC1. The van der Waals surface area contributed by atoms with Gasteiger partial charge in [-0.1, -0.05) is 25.7 Å². The number of halogens is 3. The summed E-state index contributed by atoms with van der Waals surface area (Å²) in [5.74, 6) is -1.22. The quantitative estimate of drug-likeness (QED) is 0.459. The van der Waals surface area contributed by atoms with Crippen LogP contribution in [-0.4, -0.2) is 28.1 Å². The van der Waals surface area contributed by atoms with Gasteiger partial charge in [-0.2, -0.15) is 0 Å². The average Bonchev–Trinajstić information content (AvgIpc) is 3.17. The minimum absolute atomic E-state index is 0.153. The molecule has 0 bridgehead atoms. The lowest BCUT2D eigenvalue weighted by molar-refractivity contribution is -0.129. The summed E-state index contributed by atoms with van der Waals surface area (Å²) in [6.07, 6.45) is 8.34. The predicted octanol–water partition coefficient (Wildman–Crippen LogP) is 5.85. The monoisotopic (exact) mass is 458 g/mol. The van der Waals surface area contributed by atoms with Crippen molar-refractivity contribution in [2.75, 3.05) is 6.54 Å². The van der Waals surface area contributed by atoms with E-state index in [0.29, 0.717) is 23.2 Å². The molecule has 2 saturated carbocycles. The molecule has 1 amide bonds. The molecule has 1 aromatic heterocycles. The van der Waals surface area contributed by atoms with Crippen molar-refractivity contribution in [3.8, 4) is 11.3 Å². The van der Waals surface area contributed by atoms with E-state index in [0.717, 1.165) is 44.6 Å². The molecule has 3 aromatic rings. The Bertz CT molecular complexity index is 1100. The van der Waals surface area contributed by atoms with Crippen molar-refractivity contribution in [2.45, 2.75) is 57.0 Å². The van der Waals surface area contributed by atoms with Gasteiger partial charge >= 0.3 is 0 Å². The second-order valence-electron chi connectivity index (χ2n) is 9.17. The molecule has 4 nitrogen and oxygen atoms in total. The highest BCUT2D eigenvalue weighted by atomic mass is 19.1. The molecule has 0 aliphatic heterocycles. The van der Waals surface area contributed by atoms with E-state index in [-0.39, 0.29) is 23.2 Å². The number of aromatic nitrogens is 1. The van der Waals surface area contributed by atoms with Gasteiger partial charge in [0.1, 0.15) is 17.5 Å². The molecule has 7 heteroatoms. The van der Waals surface area contributed by atoms with Crippen molar-refractivity contribution in [1.29, 1.82) is 0 Å². The van der Waals surface area contributed by atoms with Crippen LogP contribution in [0.2, 0.25) is 0 Å². The third kappa shape index (κ3) is 5.77. The minimum Gasteiger partial charge on any atom is -0.388 e. The lowest BCUT2D eigenvalue weighted by Crippen LogP contribution is -2.46. The maximum absolute atomic E-state index is 13.5. The Balaban J connectivity index is 0.000000160. The molecule has 0 saturated heterocycles. The highest BCUT2D eigenvalue weighted by Crippen LogP contribution is 2.29. The van der Waals surface area contributed by atoms with E-state index in [9.17, 15) is 23.1 Å². The molecule has 0 radical (unpaired) electrons.